The first-order valence-corrected chi connectivity index (χ1v) is 13.8. The maximum atomic E-state index is 13.8. The molecular formula is C27H24N2O5S2. The maximum Gasteiger partial charge on any atom is 0.305 e. The molecule has 2 aliphatic carbocycles. The number of nitrogens with one attached hydrogen (secondary N) is 1. The Morgan fingerprint density at radius 1 is 1.03 bits per heavy atom. The van der Waals surface area contributed by atoms with Crippen LogP contribution in [0.4, 0.5) is 5.69 Å². The van der Waals surface area contributed by atoms with Gasteiger partial charge in [0.2, 0.25) is 11.8 Å². The summed E-state index contributed by atoms with van der Waals surface area (Å²) >= 11 is 2.88. The second kappa shape index (κ2) is 7.73. The molecule has 1 saturated heterocycles. The highest BCUT2D eigenvalue weighted by Gasteiger charge is 2.69. The van der Waals surface area contributed by atoms with Crippen molar-refractivity contribution in [2.45, 2.75) is 29.5 Å². The number of benzene rings is 2. The van der Waals surface area contributed by atoms with Gasteiger partial charge in [0.05, 0.1) is 29.7 Å². The molecule has 9 heteroatoms. The second-order valence-electron chi connectivity index (χ2n) is 10.2. The van der Waals surface area contributed by atoms with Gasteiger partial charge in [-0.1, -0.05) is 35.1 Å². The zero-order chi connectivity index (χ0) is 24.9. The molecule has 7 atom stereocenters. The SMILES string of the molecule is COc1cc([C@@H]2c3sc(=O)[nH]c3S[C@@H]3[C@H]4C[C@@H]([C@@H]5C(=O)N(c6ccc(C)cc6)C(=O)[C@@H]45)[C@@H]23)ccc1O. The Balaban J connectivity index is 1.33. The van der Waals surface area contributed by atoms with E-state index in [1.165, 1.54) is 23.3 Å². The lowest BCUT2D eigenvalue weighted by Crippen LogP contribution is -2.42. The molecular weight excluding hydrogens is 496 g/mol. The number of amides is 2. The van der Waals surface area contributed by atoms with Crippen LogP contribution in [0.1, 0.15) is 28.3 Å². The van der Waals surface area contributed by atoms with Crippen molar-refractivity contribution in [1.82, 2.24) is 4.98 Å². The molecule has 3 heterocycles. The van der Waals surface area contributed by atoms with E-state index in [0.29, 0.717) is 11.4 Å². The number of thioether (sulfide) groups is 1. The summed E-state index contributed by atoms with van der Waals surface area (Å²) in [6, 6.07) is 12.9. The van der Waals surface area contributed by atoms with E-state index in [-0.39, 0.29) is 63.2 Å². The minimum atomic E-state index is -0.343. The quantitative estimate of drug-likeness (QED) is 0.504. The minimum Gasteiger partial charge on any atom is -0.504 e. The summed E-state index contributed by atoms with van der Waals surface area (Å²) in [5, 5.41) is 11.2. The molecule has 2 N–H and O–H groups in total. The number of hydrogen-bond donors (Lipinski definition) is 2. The Kier molecular flexibility index (Phi) is 4.76. The predicted octanol–water partition coefficient (Wildman–Crippen LogP) is 4.14. The number of phenolic OH excluding ortho intramolecular Hbond substituents is 1. The number of aryl methyl sites for hydroxylation is 1. The number of phenols is 1. The number of hydrogen-bond acceptors (Lipinski definition) is 7. The van der Waals surface area contributed by atoms with Gasteiger partial charge in [0.25, 0.3) is 0 Å². The number of thiazole rings is 1. The number of carbonyl (C=O) groups excluding carboxylic acids is 2. The minimum absolute atomic E-state index is 0.0412. The van der Waals surface area contributed by atoms with Crippen LogP contribution in [0, 0.1) is 36.5 Å². The standard InChI is InChI=1S/C27H24N2O5S2/c1-11-3-6-13(7-4-11)29-25(31)20-14-10-15(21(20)26(29)32)22-19(14)18(23-24(35-22)28-27(33)36-23)12-5-8-16(30)17(9-12)34-2/h3-9,14-15,18-22,30H,10H2,1-2H3,(H,28,33)/t14-,15+,18+,19+,20+,21+,22-/m1/s1. The number of aromatic nitrogens is 1. The van der Waals surface area contributed by atoms with Crippen LogP contribution in [0.5, 0.6) is 11.5 Å². The lowest BCUT2D eigenvalue weighted by molar-refractivity contribution is -0.123. The molecule has 7 nitrogen and oxygen atoms in total. The van der Waals surface area contributed by atoms with Crippen molar-refractivity contribution in [2.75, 3.05) is 12.0 Å². The smallest absolute Gasteiger partial charge is 0.305 e. The first-order chi connectivity index (χ1) is 17.4. The molecule has 3 aromatic rings. The van der Waals surface area contributed by atoms with Crippen molar-refractivity contribution in [3.8, 4) is 11.5 Å². The van der Waals surface area contributed by atoms with Gasteiger partial charge in [0, 0.05) is 16.0 Å². The van der Waals surface area contributed by atoms with Crippen LogP contribution in [-0.4, -0.2) is 34.3 Å². The fourth-order valence-corrected chi connectivity index (χ4v) is 10.1. The number of anilines is 1. The number of aromatic amines is 1. The average molecular weight is 521 g/mol. The van der Waals surface area contributed by atoms with Gasteiger partial charge in [-0.05, 0) is 60.9 Å². The highest BCUT2D eigenvalue weighted by molar-refractivity contribution is 8.00. The molecule has 36 heavy (non-hydrogen) atoms. The summed E-state index contributed by atoms with van der Waals surface area (Å²) in [6.45, 7) is 1.98. The largest absolute Gasteiger partial charge is 0.504 e. The molecule has 2 bridgehead atoms. The van der Waals surface area contributed by atoms with Gasteiger partial charge in [0.15, 0.2) is 11.5 Å². The van der Waals surface area contributed by atoms with Crippen LogP contribution in [0.15, 0.2) is 52.3 Å². The third kappa shape index (κ3) is 2.90. The van der Waals surface area contributed by atoms with E-state index in [4.69, 9.17) is 4.74 Å². The van der Waals surface area contributed by atoms with Crippen LogP contribution >= 0.6 is 23.1 Å². The summed E-state index contributed by atoms with van der Waals surface area (Å²) in [6.07, 6.45) is 0.835. The molecule has 1 aromatic heterocycles. The lowest BCUT2D eigenvalue weighted by Gasteiger charge is -2.43. The fourth-order valence-electron chi connectivity index (χ4n) is 7.23. The summed E-state index contributed by atoms with van der Waals surface area (Å²) in [7, 11) is 1.52. The molecule has 3 fully saturated rings. The normalized spacial score (nSPS) is 31.9. The van der Waals surface area contributed by atoms with Crippen LogP contribution in [0.2, 0.25) is 0 Å². The van der Waals surface area contributed by atoms with Gasteiger partial charge in [-0.2, -0.15) is 0 Å². The second-order valence-corrected chi connectivity index (χ2v) is 12.4. The van der Waals surface area contributed by atoms with Crippen LogP contribution in [-0.2, 0) is 9.59 Å². The Labute approximate surface area is 215 Å². The summed E-state index contributed by atoms with van der Waals surface area (Å²) < 4.78 is 5.39. The molecule has 0 spiro atoms. The number of methoxy groups -OCH3 is 1. The van der Waals surface area contributed by atoms with E-state index in [0.717, 1.165) is 27.5 Å². The van der Waals surface area contributed by atoms with Crippen molar-refractivity contribution in [1.29, 1.82) is 0 Å². The molecule has 2 saturated carbocycles. The zero-order valence-corrected chi connectivity index (χ0v) is 21.3. The van der Waals surface area contributed by atoms with Crippen molar-refractivity contribution in [3.05, 3.63) is 68.1 Å². The van der Waals surface area contributed by atoms with E-state index < -0.39 is 0 Å². The monoisotopic (exact) mass is 520 g/mol. The van der Waals surface area contributed by atoms with Crippen LogP contribution in [0.3, 0.4) is 0 Å². The molecule has 0 radical (unpaired) electrons. The van der Waals surface area contributed by atoms with Crippen molar-refractivity contribution in [3.63, 3.8) is 0 Å². The zero-order valence-electron chi connectivity index (χ0n) is 19.6. The first kappa shape index (κ1) is 22.2. The van der Waals surface area contributed by atoms with Gasteiger partial charge in [0.1, 0.15) is 0 Å². The van der Waals surface area contributed by atoms with Crippen molar-refractivity contribution >= 4 is 40.6 Å². The van der Waals surface area contributed by atoms with E-state index in [2.05, 4.69) is 4.98 Å². The number of nitrogens with zero attached hydrogens (tertiary/aromatic N) is 1. The molecule has 7 rings (SSSR count). The number of ether oxygens (including phenoxy) is 1. The Morgan fingerprint density at radius 2 is 1.75 bits per heavy atom. The summed E-state index contributed by atoms with van der Waals surface area (Å²) in [5.41, 5.74) is 2.67. The molecule has 4 aliphatic rings. The predicted molar refractivity (Wildman–Crippen MR) is 137 cm³/mol. The highest BCUT2D eigenvalue weighted by atomic mass is 32.2. The number of H-pyrrole nitrogens is 1. The van der Waals surface area contributed by atoms with E-state index >= 15 is 0 Å². The Hall–Kier alpha value is -3.04. The van der Waals surface area contributed by atoms with Crippen molar-refractivity contribution in [2.24, 2.45) is 29.6 Å². The van der Waals surface area contributed by atoms with Gasteiger partial charge in [-0.15, -0.1) is 11.8 Å². The van der Waals surface area contributed by atoms with Crippen molar-refractivity contribution < 1.29 is 19.4 Å². The Bertz CT molecular complexity index is 1480. The van der Waals surface area contributed by atoms with Gasteiger partial charge in [-0.25, -0.2) is 0 Å². The van der Waals surface area contributed by atoms with Gasteiger partial charge >= 0.3 is 4.87 Å². The maximum absolute atomic E-state index is 13.8. The highest BCUT2D eigenvalue weighted by Crippen LogP contribution is 2.68. The third-order valence-electron chi connectivity index (χ3n) is 8.58. The van der Waals surface area contributed by atoms with E-state index in [1.54, 1.807) is 17.8 Å². The molecule has 2 aliphatic heterocycles. The topological polar surface area (TPSA) is 99.7 Å². The molecule has 2 aromatic carbocycles. The lowest BCUT2D eigenvalue weighted by atomic mass is 9.68. The average Bonchev–Trinajstić information content (AvgIpc) is 3.59. The van der Waals surface area contributed by atoms with Gasteiger partial charge < -0.3 is 14.8 Å². The summed E-state index contributed by atoms with van der Waals surface area (Å²) in [5.74, 6) is -0.313. The molecule has 184 valence electrons. The third-order valence-corrected chi connectivity index (χ3v) is 11.2. The van der Waals surface area contributed by atoms with E-state index in [9.17, 15) is 19.5 Å². The van der Waals surface area contributed by atoms with Gasteiger partial charge in [-0.3, -0.25) is 19.3 Å². The number of aromatic hydroxyl groups is 1. The molecule has 2 amide bonds. The first-order valence-electron chi connectivity index (χ1n) is 12.1. The van der Waals surface area contributed by atoms with Crippen LogP contribution < -0.4 is 14.5 Å². The number of imide groups is 1. The number of rotatable bonds is 3. The fraction of sp³-hybridized carbons (Fsp3) is 0.370. The summed E-state index contributed by atoms with van der Waals surface area (Å²) in [4.78, 5) is 45.1. The van der Waals surface area contributed by atoms with E-state index in [1.807, 2.05) is 43.3 Å². The molecule has 0 unspecified atom stereocenters. The Morgan fingerprint density at radius 3 is 2.47 bits per heavy atom. The number of fused-ring (bicyclic) bond motifs is 9. The van der Waals surface area contributed by atoms with Crippen LogP contribution in [0.25, 0.3) is 0 Å². The number of carbonyl (C=O) groups is 2.